The van der Waals surface area contributed by atoms with Crippen LogP contribution in [0.3, 0.4) is 0 Å². The smallest absolute Gasteiger partial charge is 0.410 e. The van der Waals surface area contributed by atoms with Crippen molar-refractivity contribution in [1.29, 1.82) is 0 Å². The first-order chi connectivity index (χ1) is 9.71. The molecular weight excluding hydrogens is 276 g/mol. The van der Waals surface area contributed by atoms with Crippen LogP contribution >= 0.6 is 11.6 Å². The topological polar surface area (TPSA) is 41.6 Å². The van der Waals surface area contributed by atoms with E-state index in [1.165, 1.54) is 0 Å². The monoisotopic (exact) mass is 294 g/mol. The van der Waals surface area contributed by atoms with Gasteiger partial charge in [0.25, 0.3) is 0 Å². The zero-order chi connectivity index (χ0) is 14.0. The Balaban J connectivity index is 1.85. The lowest BCUT2D eigenvalue weighted by Crippen LogP contribution is -2.47. The number of hydrogen-bond donors (Lipinski definition) is 1. The van der Waals surface area contributed by atoms with Crippen LogP contribution in [-0.4, -0.2) is 36.2 Å². The molecule has 1 N–H and O–H groups in total. The lowest BCUT2D eigenvalue weighted by atomic mass is 9.90. The van der Waals surface area contributed by atoms with Crippen molar-refractivity contribution < 1.29 is 9.53 Å². The number of amides is 1. The Morgan fingerprint density at radius 2 is 2.15 bits per heavy atom. The van der Waals surface area contributed by atoms with Crippen LogP contribution in [0, 0.1) is 0 Å². The van der Waals surface area contributed by atoms with Gasteiger partial charge in [0.2, 0.25) is 0 Å². The van der Waals surface area contributed by atoms with E-state index in [-0.39, 0.29) is 11.6 Å². The van der Waals surface area contributed by atoms with Gasteiger partial charge in [-0.1, -0.05) is 29.8 Å². The number of hydrogen-bond acceptors (Lipinski definition) is 3. The molecule has 0 radical (unpaired) electrons. The minimum Gasteiger partial charge on any atom is -0.447 e. The molecule has 1 aromatic carbocycles. The van der Waals surface area contributed by atoms with Gasteiger partial charge in [-0.15, -0.1) is 0 Å². The minimum atomic E-state index is -0.216. The number of nitrogens with zero attached hydrogens (tertiary/aromatic N) is 1. The summed E-state index contributed by atoms with van der Waals surface area (Å²) in [5, 5.41) is 4.09. The van der Waals surface area contributed by atoms with Gasteiger partial charge < -0.3 is 10.1 Å². The predicted octanol–water partition coefficient (Wildman–Crippen LogP) is 2.80. The first kappa shape index (κ1) is 13.7. The number of carbonyl (C=O) groups is 1. The molecule has 0 saturated carbocycles. The average molecular weight is 295 g/mol. The molecular formula is C15H19ClN2O2. The summed E-state index contributed by atoms with van der Waals surface area (Å²) in [5.41, 5.74) is 0.810. The third-order valence-electron chi connectivity index (χ3n) is 4.31. The zero-order valence-corrected chi connectivity index (χ0v) is 12.2. The summed E-state index contributed by atoms with van der Waals surface area (Å²) in [7, 11) is 0. The highest BCUT2D eigenvalue weighted by molar-refractivity contribution is 6.31. The molecule has 3 rings (SSSR count). The lowest BCUT2D eigenvalue weighted by molar-refractivity contribution is 0.137. The predicted molar refractivity (Wildman–Crippen MR) is 77.8 cm³/mol. The molecule has 108 valence electrons. The van der Waals surface area contributed by atoms with Crippen molar-refractivity contribution in [2.45, 2.75) is 31.3 Å². The maximum Gasteiger partial charge on any atom is 0.410 e. The van der Waals surface area contributed by atoms with E-state index in [4.69, 9.17) is 16.3 Å². The number of carbonyl (C=O) groups excluding carboxylic acids is 1. The van der Waals surface area contributed by atoms with Crippen molar-refractivity contribution in [3.8, 4) is 0 Å². The lowest BCUT2D eigenvalue weighted by Gasteiger charge is -2.34. The van der Waals surface area contributed by atoms with E-state index in [1.807, 2.05) is 29.2 Å². The fraction of sp³-hybridized carbons (Fsp3) is 0.533. The van der Waals surface area contributed by atoms with Crippen molar-refractivity contribution in [3.63, 3.8) is 0 Å². The zero-order valence-electron chi connectivity index (χ0n) is 11.4. The van der Waals surface area contributed by atoms with E-state index in [9.17, 15) is 4.79 Å². The van der Waals surface area contributed by atoms with Crippen LogP contribution in [0.15, 0.2) is 24.3 Å². The molecule has 1 spiro atoms. The molecule has 2 heterocycles. The van der Waals surface area contributed by atoms with Crippen LogP contribution in [0.5, 0.6) is 0 Å². The van der Waals surface area contributed by atoms with E-state index in [1.54, 1.807) is 0 Å². The highest BCUT2D eigenvalue weighted by Gasteiger charge is 2.47. The summed E-state index contributed by atoms with van der Waals surface area (Å²) >= 11 is 6.22. The maximum absolute atomic E-state index is 12.1. The molecule has 1 unspecified atom stereocenters. The van der Waals surface area contributed by atoms with Crippen LogP contribution in [-0.2, 0) is 11.3 Å². The van der Waals surface area contributed by atoms with E-state index in [2.05, 4.69) is 5.32 Å². The fourth-order valence-corrected chi connectivity index (χ4v) is 3.30. The van der Waals surface area contributed by atoms with Gasteiger partial charge in [-0.3, -0.25) is 4.90 Å². The summed E-state index contributed by atoms with van der Waals surface area (Å²) in [6.45, 7) is 2.96. The number of nitrogens with one attached hydrogen (secondary N) is 1. The maximum atomic E-state index is 12.1. The number of ether oxygens (including phenoxy) is 1. The Hall–Kier alpha value is -1.26. The van der Waals surface area contributed by atoms with Crippen LogP contribution in [0.4, 0.5) is 4.79 Å². The standard InChI is InChI=1S/C15H19ClN2O2/c16-13-5-2-1-4-12(13)10-18-14(19)20-11-15(18)6-3-8-17-9-7-15/h1-2,4-5,17H,3,6-11H2. The third-order valence-corrected chi connectivity index (χ3v) is 4.68. The van der Waals surface area contributed by atoms with E-state index < -0.39 is 0 Å². The molecule has 0 bridgehead atoms. The molecule has 4 nitrogen and oxygen atoms in total. The van der Waals surface area contributed by atoms with Gasteiger partial charge in [-0.25, -0.2) is 4.79 Å². The Morgan fingerprint density at radius 3 is 3.00 bits per heavy atom. The quantitative estimate of drug-likeness (QED) is 0.912. The SMILES string of the molecule is O=C1OCC2(CCCNCC2)N1Cc1ccccc1Cl. The average Bonchev–Trinajstić information content (AvgIpc) is 2.65. The Morgan fingerprint density at radius 1 is 1.30 bits per heavy atom. The molecule has 2 saturated heterocycles. The van der Waals surface area contributed by atoms with E-state index in [0.29, 0.717) is 18.2 Å². The fourth-order valence-electron chi connectivity index (χ4n) is 3.10. The molecule has 2 aliphatic heterocycles. The molecule has 1 amide bonds. The van der Waals surface area contributed by atoms with Gasteiger partial charge in [0.1, 0.15) is 6.61 Å². The number of halogens is 1. The number of cyclic esters (lactones) is 1. The van der Waals surface area contributed by atoms with Gasteiger partial charge in [0.15, 0.2) is 0 Å². The van der Waals surface area contributed by atoms with Gasteiger partial charge in [-0.05, 0) is 44.0 Å². The van der Waals surface area contributed by atoms with Crippen molar-refractivity contribution >= 4 is 17.7 Å². The van der Waals surface area contributed by atoms with Gasteiger partial charge >= 0.3 is 6.09 Å². The number of benzene rings is 1. The van der Waals surface area contributed by atoms with Crippen LogP contribution in [0.2, 0.25) is 5.02 Å². The summed E-state index contributed by atoms with van der Waals surface area (Å²) in [5.74, 6) is 0. The molecule has 0 aromatic heterocycles. The molecule has 5 heteroatoms. The summed E-state index contributed by atoms with van der Waals surface area (Å²) < 4.78 is 5.34. The second-order valence-electron chi connectivity index (χ2n) is 5.56. The molecule has 1 aromatic rings. The van der Waals surface area contributed by atoms with Crippen molar-refractivity contribution in [3.05, 3.63) is 34.9 Å². The van der Waals surface area contributed by atoms with Crippen LogP contribution in [0.25, 0.3) is 0 Å². The van der Waals surface area contributed by atoms with Crippen molar-refractivity contribution in [1.82, 2.24) is 10.2 Å². The van der Waals surface area contributed by atoms with Crippen LogP contribution < -0.4 is 5.32 Å². The number of rotatable bonds is 2. The second-order valence-corrected chi connectivity index (χ2v) is 5.97. The van der Waals surface area contributed by atoms with Gasteiger partial charge in [0.05, 0.1) is 12.1 Å². The molecule has 2 aliphatic rings. The summed E-state index contributed by atoms with van der Waals surface area (Å²) in [4.78, 5) is 14.0. The van der Waals surface area contributed by atoms with Gasteiger partial charge in [-0.2, -0.15) is 0 Å². The molecule has 1 atom stereocenters. The third kappa shape index (κ3) is 2.50. The Kier molecular flexibility index (Phi) is 3.85. The van der Waals surface area contributed by atoms with Crippen molar-refractivity contribution in [2.75, 3.05) is 19.7 Å². The molecule has 0 aliphatic carbocycles. The molecule has 20 heavy (non-hydrogen) atoms. The Labute approximate surface area is 124 Å². The van der Waals surface area contributed by atoms with Crippen molar-refractivity contribution in [2.24, 2.45) is 0 Å². The largest absolute Gasteiger partial charge is 0.447 e. The van der Waals surface area contributed by atoms with Gasteiger partial charge in [0, 0.05) is 5.02 Å². The Bertz CT molecular complexity index is 498. The van der Waals surface area contributed by atoms with E-state index in [0.717, 1.165) is 37.9 Å². The highest BCUT2D eigenvalue weighted by Crippen LogP contribution is 2.35. The summed E-state index contributed by atoms with van der Waals surface area (Å²) in [6, 6.07) is 7.68. The minimum absolute atomic E-state index is 0.167. The van der Waals surface area contributed by atoms with E-state index >= 15 is 0 Å². The normalized spacial score (nSPS) is 26.6. The molecule has 2 fully saturated rings. The van der Waals surface area contributed by atoms with Crippen LogP contribution in [0.1, 0.15) is 24.8 Å². The second kappa shape index (κ2) is 5.62. The summed E-state index contributed by atoms with van der Waals surface area (Å²) in [6.07, 6.45) is 2.77. The highest BCUT2D eigenvalue weighted by atomic mass is 35.5. The first-order valence-corrected chi connectivity index (χ1v) is 7.48. The first-order valence-electron chi connectivity index (χ1n) is 7.10.